The Morgan fingerprint density at radius 3 is 2.10 bits per heavy atom. The van der Waals surface area contributed by atoms with Gasteiger partial charge in [-0.25, -0.2) is 23.4 Å². The van der Waals surface area contributed by atoms with Gasteiger partial charge in [0.1, 0.15) is 5.75 Å². The fourth-order valence-corrected chi connectivity index (χ4v) is 6.03. The Labute approximate surface area is 303 Å². The van der Waals surface area contributed by atoms with Gasteiger partial charge in [0.05, 0.1) is 25.7 Å². The quantitative estimate of drug-likeness (QED) is 0.104. The number of unbranched alkanes of at least 4 members (excludes halogenated alkanes) is 1. The molecule has 14 heteroatoms. The molecule has 0 atom stereocenters. The van der Waals surface area contributed by atoms with Crippen LogP contribution in [-0.2, 0) is 26.8 Å². The van der Waals surface area contributed by atoms with Crippen molar-refractivity contribution in [2.24, 2.45) is 0 Å². The van der Waals surface area contributed by atoms with Crippen LogP contribution in [0.15, 0.2) is 96.2 Å². The van der Waals surface area contributed by atoms with Gasteiger partial charge >= 0.3 is 0 Å². The predicted octanol–water partition coefficient (Wildman–Crippen LogP) is 6.71. The minimum Gasteiger partial charge on any atom is -0.496 e. The van der Waals surface area contributed by atoms with Crippen LogP contribution in [0.4, 0.5) is 5.82 Å². The summed E-state index contributed by atoms with van der Waals surface area (Å²) in [5.41, 5.74) is 1.68. The van der Waals surface area contributed by atoms with Gasteiger partial charge in [-0.15, -0.1) is 0 Å². The highest BCUT2D eigenvalue weighted by molar-refractivity contribution is 7.92. The number of carbonyl (C=O) groups excluding carboxylic acids is 1. The van der Waals surface area contributed by atoms with Crippen LogP contribution in [0.5, 0.6) is 28.9 Å². The molecule has 0 saturated heterocycles. The van der Waals surface area contributed by atoms with Crippen molar-refractivity contribution in [3.63, 3.8) is 0 Å². The minimum absolute atomic E-state index is 0.000486. The molecule has 2 aromatic heterocycles. The Morgan fingerprint density at radius 2 is 1.42 bits per heavy atom. The highest BCUT2D eigenvalue weighted by Gasteiger charge is 2.26. The lowest BCUT2D eigenvalue weighted by molar-refractivity contribution is -0.121. The number of anilines is 1. The van der Waals surface area contributed by atoms with Crippen molar-refractivity contribution in [1.29, 1.82) is 0 Å². The molecule has 2 heterocycles. The molecule has 0 spiro atoms. The Bertz CT molecular complexity index is 2070. The first-order valence-corrected chi connectivity index (χ1v) is 18.1. The van der Waals surface area contributed by atoms with Crippen molar-refractivity contribution < 1.29 is 32.2 Å². The molecule has 0 aliphatic rings. The third kappa shape index (κ3) is 9.72. The molecule has 0 bridgehead atoms. The van der Waals surface area contributed by atoms with E-state index in [-0.39, 0.29) is 64.1 Å². The predicted molar refractivity (Wildman–Crippen MR) is 196 cm³/mol. The molecule has 3 aromatic carbocycles. The van der Waals surface area contributed by atoms with Crippen LogP contribution in [0.1, 0.15) is 51.2 Å². The molecule has 0 aliphatic heterocycles. The lowest BCUT2D eigenvalue weighted by Gasteiger charge is -2.20. The van der Waals surface area contributed by atoms with E-state index in [0.29, 0.717) is 30.9 Å². The van der Waals surface area contributed by atoms with E-state index in [9.17, 15) is 13.2 Å². The van der Waals surface area contributed by atoms with Crippen LogP contribution in [-0.4, -0.2) is 55.1 Å². The van der Waals surface area contributed by atoms with Crippen LogP contribution in [0.2, 0.25) is 0 Å². The van der Waals surface area contributed by atoms with Crippen molar-refractivity contribution >= 4 is 21.7 Å². The topological polar surface area (TPSA) is 164 Å². The highest BCUT2D eigenvalue weighted by atomic mass is 32.2. The second-order valence-corrected chi connectivity index (χ2v) is 14.3. The molecule has 2 N–H and O–H groups in total. The van der Waals surface area contributed by atoms with E-state index in [4.69, 9.17) is 18.9 Å². The molecule has 52 heavy (non-hydrogen) atoms. The molecule has 5 aromatic rings. The molecular formula is C38H42N6O7S. The zero-order chi connectivity index (χ0) is 37.1. The lowest BCUT2D eigenvalue weighted by Crippen LogP contribution is -2.22. The first-order chi connectivity index (χ1) is 25.0. The lowest BCUT2D eigenvalue weighted by atomic mass is 9.87. The van der Waals surface area contributed by atoms with Crippen molar-refractivity contribution in [3.05, 3.63) is 102 Å². The Kier molecular flexibility index (Phi) is 12.2. The van der Waals surface area contributed by atoms with Gasteiger partial charge in [0.2, 0.25) is 17.5 Å². The van der Waals surface area contributed by atoms with Crippen LogP contribution < -0.4 is 29.0 Å². The zero-order valence-electron chi connectivity index (χ0n) is 29.8. The van der Waals surface area contributed by atoms with Crippen molar-refractivity contribution in [1.82, 2.24) is 25.3 Å². The summed E-state index contributed by atoms with van der Waals surface area (Å²) >= 11 is 0. The summed E-state index contributed by atoms with van der Waals surface area (Å²) in [6, 6.07) is 22.6. The van der Waals surface area contributed by atoms with Gasteiger partial charge in [-0.3, -0.25) is 9.52 Å². The number of amides is 1. The maximum atomic E-state index is 13.8. The molecule has 0 radical (unpaired) electrons. The van der Waals surface area contributed by atoms with Gasteiger partial charge in [0.15, 0.2) is 23.1 Å². The molecule has 0 unspecified atom stereocenters. The fourth-order valence-electron chi connectivity index (χ4n) is 5.02. The number of para-hydroxylation sites is 3. The number of nitrogens with zero attached hydrogens (tertiary/aromatic N) is 4. The normalized spacial score (nSPS) is 11.4. The number of rotatable bonds is 16. The Hall–Kier alpha value is -5.76. The molecule has 0 saturated carbocycles. The van der Waals surface area contributed by atoms with Gasteiger partial charge in [-0.2, -0.15) is 4.98 Å². The SMILES string of the molecule is COc1ccccc1CNC(=O)CCCCOc1nc(-c2ncccn2)nc(NS(=O)(=O)c2ccc(C(C)(C)C)cc2)c1Oc1ccccc1OC. The van der Waals surface area contributed by atoms with Crippen molar-refractivity contribution in [2.75, 3.05) is 25.5 Å². The molecule has 0 fully saturated rings. The highest BCUT2D eigenvalue weighted by Crippen LogP contribution is 2.41. The molecular weight excluding hydrogens is 685 g/mol. The second-order valence-electron chi connectivity index (χ2n) is 12.6. The largest absolute Gasteiger partial charge is 0.496 e. The number of methoxy groups -OCH3 is 2. The average Bonchev–Trinajstić information content (AvgIpc) is 3.15. The zero-order valence-corrected chi connectivity index (χ0v) is 30.6. The van der Waals surface area contributed by atoms with E-state index in [1.54, 1.807) is 49.6 Å². The summed E-state index contributed by atoms with van der Waals surface area (Å²) in [4.78, 5) is 30.2. The van der Waals surface area contributed by atoms with Gasteiger partial charge in [0, 0.05) is 30.9 Å². The smallest absolute Gasteiger partial charge is 0.263 e. The summed E-state index contributed by atoms with van der Waals surface area (Å²) in [5.74, 6) is 1.000. The van der Waals surface area contributed by atoms with E-state index in [1.165, 1.54) is 31.6 Å². The van der Waals surface area contributed by atoms with Crippen molar-refractivity contribution in [2.45, 2.75) is 56.9 Å². The maximum Gasteiger partial charge on any atom is 0.263 e. The summed E-state index contributed by atoms with van der Waals surface area (Å²) in [5, 5.41) is 2.92. The number of carbonyl (C=O) groups is 1. The van der Waals surface area contributed by atoms with Gasteiger partial charge in [0.25, 0.3) is 15.9 Å². The summed E-state index contributed by atoms with van der Waals surface area (Å²) in [6.45, 7) is 6.60. The number of aromatic nitrogens is 4. The maximum absolute atomic E-state index is 13.8. The second kappa shape index (κ2) is 17.0. The van der Waals surface area contributed by atoms with Crippen LogP contribution in [0, 0.1) is 0 Å². The molecule has 0 aliphatic carbocycles. The Morgan fingerprint density at radius 1 is 0.769 bits per heavy atom. The Balaban J connectivity index is 1.41. The summed E-state index contributed by atoms with van der Waals surface area (Å²) in [7, 11) is -1.11. The minimum atomic E-state index is -4.19. The number of sulfonamides is 1. The van der Waals surface area contributed by atoms with Crippen LogP contribution in [0.25, 0.3) is 11.6 Å². The molecule has 1 amide bonds. The van der Waals surface area contributed by atoms with E-state index < -0.39 is 10.0 Å². The van der Waals surface area contributed by atoms with Crippen LogP contribution >= 0.6 is 0 Å². The third-order valence-electron chi connectivity index (χ3n) is 7.85. The van der Waals surface area contributed by atoms with E-state index in [0.717, 1.165) is 11.1 Å². The van der Waals surface area contributed by atoms with E-state index >= 15 is 0 Å². The number of hydrogen-bond donors (Lipinski definition) is 2. The van der Waals surface area contributed by atoms with E-state index in [2.05, 4.69) is 30.0 Å². The fraction of sp³-hybridized carbons (Fsp3) is 0.289. The first kappa shape index (κ1) is 37.5. The number of nitrogens with one attached hydrogen (secondary N) is 2. The molecule has 5 rings (SSSR count). The summed E-state index contributed by atoms with van der Waals surface area (Å²) in [6.07, 6.45) is 4.27. The monoisotopic (exact) mass is 726 g/mol. The number of ether oxygens (including phenoxy) is 4. The standard InChI is InChI=1S/C38H42N6O7S/c1-38(2,3)27-18-20-28(21-19-27)52(46,47)44-34-33(51-31-16-9-8-15-30(31)49-5)37(43-36(42-34)35-39-22-12-23-40-35)50-24-11-10-17-32(45)41-25-26-13-6-7-14-29(26)48-4/h6-9,12-16,18-23H,10-11,17,24-25H2,1-5H3,(H,41,45)(H,42,43,44). The summed E-state index contributed by atoms with van der Waals surface area (Å²) < 4.78 is 53.5. The third-order valence-corrected chi connectivity index (χ3v) is 9.20. The van der Waals surface area contributed by atoms with E-state index in [1.807, 2.05) is 45.0 Å². The van der Waals surface area contributed by atoms with Gasteiger partial charge in [-0.1, -0.05) is 63.2 Å². The average molecular weight is 727 g/mol. The number of hydrogen-bond acceptors (Lipinski definition) is 11. The van der Waals surface area contributed by atoms with Crippen molar-refractivity contribution in [3.8, 4) is 40.5 Å². The molecule has 13 nitrogen and oxygen atoms in total. The van der Waals surface area contributed by atoms with Gasteiger partial charge in [-0.05, 0) is 60.2 Å². The number of benzene rings is 3. The van der Waals surface area contributed by atoms with Gasteiger partial charge < -0.3 is 24.3 Å². The van der Waals surface area contributed by atoms with Crippen LogP contribution in [0.3, 0.4) is 0 Å². The molecule has 272 valence electrons. The first-order valence-electron chi connectivity index (χ1n) is 16.6.